The van der Waals surface area contributed by atoms with Crippen LogP contribution < -0.4 is 14.8 Å². The third-order valence-corrected chi connectivity index (χ3v) is 8.33. The van der Waals surface area contributed by atoms with Crippen LogP contribution in [0.1, 0.15) is 35.1 Å². The van der Waals surface area contributed by atoms with Crippen molar-refractivity contribution in [3.8, 4) is 11.5 Å². The molecule has 1 aliphatic heterocycles. The van der Waals surface area contributed by atoms with Crippen LogP contribution in [-0.2, 0) is 6.61 Å². The molecule has 176 valence electrons. The maximum Gasteiger partial charge on any atom is 0.175 e. The van der Waals surface area contributed by atoms with Crippen LogP contribution in [0, 0.1) is 5.92 Å². The smallest absolute Gasteiger partial charge is 0.175 e. The molecule has 0 saturated carbocycles. The number of rotatable bonds is 5. The van der Waals surface area contributed by atoms with Gasteiger partial charge in [0.2, 0.25) is 0 Å². The standard InChI is InChI=1S/C26H20BrCl4NO2/c1-33-21-10-14(9-18(27)26(21)34-12-13-5-7-15(28)8-6-13)24-17-4-2-3-16(17)22-23(31)19(29)11-20(30)25(22)32-24/h2-3,5-11,16-17,24,32H,4,12H2,1H3/t16-,17+,24+/m1/s1. The molecule has 1 heterocycles. The molecule has 0 saturated heterocycles. The van der Waals surface area contributed by atoms with E-state index in [0.29, 0.717) is 38.2 Å². The Hall–Kier alpha value is -1.56. The summed E-state index contributed by atoms with van der Waals surface area (Å²) < 4.78 is 12.6. The maximum atomic E-state index is 6.62. The van der Waals surface area contributed by atoms with Crippen LogP contribution in [0.4, 0.5) is 5.69 Å². The Labute approximate surface area is 227 Å². The summed E-state index contributed by atoms with van der Waals surface area (Å²) in [5.41, 5.74) is 3.86. The van der Waals surface area contributed by atoms with Crippen LogP contribution in [0.2, 0.25) is 20.1 Å². The zero-order valence-corrected chi connectivity index (χ0v) is 22.7. The molecule has 1 aliphatic carbocycles. The van der Waals surface area contributed by atoms with E-state index < -0.39 is 0 Å². The van der Waals surface area contributed by atoms with Crippen molar-refractivity contribution >= 4 is 68.0 Å². The normalized spacial score (nSPS) is 20.5. The second-order valence-electron chi connectivity index (χ2n) is 8.37. The number of ether oxygens (including phenoxy) is 2. The van der Waals surface area contributed by atoms with Crippen molar-refractivity contribution in [1.29, 1.82) is 0 Å². The lowest BCUT2D eigenvalue weighted by Crippen LogP contribution is -2.29. The van der Waals surface area contributed by atoms with Crippen molar-refractivity contribution in [2.24, 2.45) is 5.92 Å². The van der Waals surface area contributed by atoms with Crippen LogP contribution in [0.5, 0.6) is 11.5 Å². The van der Waals surface area contributed by atoms with Crippen LogP contribution in [0.25, 0.3) is 0 Å². The molecule has 0 unspecified atom stereocenters. The van der Waals surface area contributed by atoms with E-state index in [1.807, 2.05) is 30.3 Å². The molecule has 0 amide bonds. The predicted molar refractivity (Wildman–Crippen MR) is 144 cm³/mol. The minimum atomic E-state index is -0.00208. The van der Waals surface area contributed by atoms with E-state index in [-0.39, 0.29) is 17.9 Å². The van der Waals surface area contributed by atoms with Gasteiger partial charge in [-0.25, -0.2) is 0 Å². The number of anilines is 1. The highest BCUT2D eigenvalue weighted by atomic mass is 79.9. The number of fused-ring (bicyclic) bond motifs is 3. The second-order valence-corrected chi connectivity index (χ2v) is 10.9. The summed E-state index contributed by atoms with van der Waals surface area (Å²) in [6.07, 6.45) is 5.31. The van der Waals surface area contributed by atoms with Gasteiger partial charge in [0.15, 0.2) is 11.5 Å². The van der Waals surface area contributed by atoms with Crippen LogP contribution in [0.3, 0.4) is 0 Å². The Bertz CT molecular complexity index is 1280. The van der Waals surface area contributed by atoms with Gasteiger partial charge >= 0.3 is 0 Å². The molecule has 8 heteroatoms. The molecule has 0 radical (unpaired) electrons. The lowest BCUT2D eigenvalue weighted by molar-refractivity contribution is 0.282. The summed E-state index contributed by atoms with van der Waals surface area (Å²) in [7, 11) is 1.64. The first-order valence-corrected chi connectivity index (χ1v) is 13.0. The third kappa shape index (κ3) is 4.40. The molecule has 3 atom stereocenters. The molecule has 34 heavy (non-hydrogen) atoms. The summed E-state index contributed by atoms with van der Waals surface area (Å²) in [4.78, 5) is 0. The Morgan fingerprint density at radius 3 is 2.53 bits per heavy atom. The third-order valence-electron chi connectivity index (χ3n) is 6.39. The highest BCUT2D eigenvalue weighted by Crippen LogP contribution is 2.55. The van der Waals surface area contributed by atoms with Gasteiger partial charge in [0.1, 0.15) is 6.61 Å². The van der Waals surface area contributed by atoms with Crippen molar-refractivity contribution in [2.75, 3.05) is 12.4 Å². The van der Waals surface area contributed by atoms with Gasteiger partial charge in [0, 0.05) is 16.5 Å². The van der Waals surface area contributed by atoms with Crippen LogP contribution >= 0.6 is 62.3 Å². The van der Waals surface area contributed by atoms with Crippen molar-refractivity contribution < 1.29 is 9.47 Å². The molecule has 5 rings (SSSR count). The van der Waals surface area contributed by atoms with Gasteiger partial charge in [-0.2, -0.15) is 0 Å². The van der Waals surface area contributed by atoms with Gasteiger partial charge in [0.05, 0.1) is 38.4 Å². The lowest BCUT2D eigenvalue weighted by atomic mass is 9.77. The number of methoxy groups -OCH3 is 1. The van der Waals surface area contributed by atoms with E-state index in [9.17, 15) is 0 Å². The summed E-state index contributed by atoms with van der Waals surface area (Å²) in [5, 5.41) is 5.91. The first kappa shape index (κ1) is 24.1. The fourth-order valence-corrected chi connectivity index (χ4v) is 6.29. The molecule has 0 spiro atoms. The van der Waals surface area contributed by atoms with Gasteiger partial charge in [-0.05, 0) is 69.7 Å². The predicted octanol–water partition coefficient (Wildman–Crippen LogP) is 9.48. The van der Waals surface area contributed by atoms with Crippen molar-refractivity contribution in [3.63, 3.8) is 0 Å². The molecule has 3 aromatic carbocycles. The fourth-order valence-electron chi connectivity index (χ4n) is 4.79. The number of benzene rings is 3. The van der Waals surface area contributed by atoms with Gasteiger partial charge in [-0.3, -0.25) is 0 Å². The molecule has 1 N–H and O–H groups in total. The molecule has 0 fully saturated rings. The Morgan fingerprint density at radius 1 is 1.03 bits per heavy atom. The largest absolute Gasteiger partial charge is 0.493 e. The van der Waals surface area contributed by atoms with E-state index in [1.165, 1.54) is 0 Å². The zero-order chi connectivity index (χ0) is 24.0. The van der Waals surface area contributed by atoms with Crippen LogP contribution in [-0.4, -0.2) is 7.11 Å². The molecule has 3 aromatic rings. The maximum absolute atomic E-state index is 6.62. The monoisotopic (exact) mass is 597 g/mol. The number of hydrogen-bond donors (Lipinski definition) is 1. The molecule has 0 bridgehead atoms. The van der Waals surface area contributed by atoms with Crippen molar-refractivity contribution in [3.05, 3.63) is 95.9 Å². The summed E-state index contributed by atoms with van der Waals surface area (Å²) in [6, 6.07) is 13.4. The van der Waals surface area contributed by atoms with Crippen molar-refractivity contribution in [1.82, 2.24) is 0 Å². The number of allylic oxidation sites excluding steroid dienone is 2. The van der Waals surface area contributed by atoms with E-state index in [0.717, 1.165) is 33.3 Å². The van der Waals surface area contributed by atoms with Gasteiger partial charge in [-0.15, -0.1) is 0 Å². The molecule has 2 aliphatic rings. The topological polar surface area (TPSA) is 30.5 Å². The summed E-state index contributed by atoms with van der Waals surface area (Å²) >= 11 is 29.2. The van der Waals surface area contributed by atoms with Gasteiger partial charge in [-0.1, -0.05) is 70.7 Å². The second kappa shape index (κ2) is 9.83. The first-order valence-electron chi connectivity index (χ1n) is 10.7. The van der Waals surface area contributed by atoms with Gasteiger partial charge in [0.25, 0.3) is 0 Å². The Kier molecular flexibility index (Phi) is 6.98. The number of halogens is 5. The van der Waals surface area contributed by atoms with Gasteiger partial charge < -0.3 is 14.8 Å². The average molecular weight is 600 g/mol. The quantitative estimate of drug-likeness (QED) is 0.234. The van der Waals surface area contributed by atoms with Crippen LogP contribution in [0.15, 0.2) is 59.1 Å². The fraction of sp³-hybridized carbons (Fsp3) is 0.231. The molecule has 3 nitrogen and oxygen atoms in total. The molecular weight excluding hydrogens is 580 g/mol. The lowest BCUT2D eigenvalue weighted by Gasteiger charge is -2.38. The Balaban J connectivity index is 1.49. The minimum absolute atomic E-state index is 0.00208. The highest BCUT2D eigenvalue weighted by molar-refractivity contribution is 9.10. The summed E-state index contributed by atoms with van der Waals surface area (Å²) in [5.74, 6) is 1.67. The number of nitrogens with one attached hydrogen (secondary N) is 1. The van der Waals surface area contributed by atoms with E-state index in [2.05, 4.69) is 39.5 Å². The molecular formula is C26H20BrCl4NO2. The molecule has 0 aromatic heterocycles. The number of hydrogen-bond acceptors (Lipinski definition) is 3. The van der Waals surface area contributed by atoms with E-state index in [4.69, 9.17) is 55.9 Å². The zero-order valence-electron chi connectivity index (χ0n) is 18.0. The Morgan fingerprint density at radius 2 is 1.79 bits per heavy atom. The highest BCUT2D eigenvalue weighted by Gasteiger charge is 2.41. The van der Waals surface area contributed by atoms with E-state index in [1.54, 1.807) is 13.2 Å². The first-order chi connectivity index (χ1) is 16.4. The average Bonchev–Trinajstić information content (AvgIpc) is 3.31. The van der Waals surface area contributed by atoms with E-state index >= 15 is 0 Å². The minimum Gasteiger partial charge on any atom is -0.493 e. The summed E-state index contributed by atoms with van der Waals surface area (Å²) in [6.45, 7) is 0.393. The van der Waals surface area contributed by atoms with Crippen molar-refractivity contribution in [2.45, 2.75) is 25.0 Å². The SMILES string of the molecule is COc1cc([C@@H]2Nc3c(Cl)cc(Cl)c(Cl)c3[C@@H]3C=CC[C@@H]32)cc(Br)c1OCc1ccc(Cl)cc1.